The Labute approximate surface area is 117 Å². The summed E-state index contributed by atoms with van der Waals surface area (Å²) < 4.78 is 21.8. The molecule has 1 aliphatic rings. The monoisotopic (exact) mass is 296 g/mol. The van der Waals surface area contributed by atoms with Gasteiger partial charge in [-0.3, -0.25) is 14.4 Å². The van der Waals surface area contributed by atoms with Crippen molar-refractivity contribution in [2.75, 3.05) is 25.7 Å². The molecule has 108 valence electrons. The summed E-state index contributed by atoms with van der Waals surface area (Å²) in [6, 6.07) is 7.32. The first-order chi connectivity index (χ1) is 9.56. The van der Waals surface area contributed by atoms with Crippen LogP contribution < -0.4 is 5.32 Å². The predicted molar refractivity (Wildman–Crippen MR) is 77.9 cm³/mol. The van der Waals surface area contributed by atoms with Crippen LogP contribution >= 0.6 is 7.60 Å². The Hall–Kier alpha value is -1.49. The van der Waals surface area contributed by atoms with Gasteiger partial charge in [-0.25, -0.2) is 0 Å². The molecule has 0 unspecified atom stereocenters. The molecule has 0 aromatic heterocycles. The van der Waals surface area contributed by atoms with Gasteiger partial charge in [-0.15, -0.1) is 0 Å². The summed E-state index contributed by atoms with van der Waals surface area (Å²) in [5, 5.41) is 2.79. The largest absolute Gasteiger partial charge is 0.330 e. The second-order valence-electron chi connectivity index (χ2n) is 4.37. The summed E-state index contributed by atoms with van der Waals surface area (Å²) >= 11 is 0. The third kappa shape index (κ3) is 3.54. The molecule has 6 nitrogen and oxygen atoms in total. The minimum absolute atomic E-state index is 0.127. The number of fused-ring (bicyclic) bond motifs is 1. The minimum Gasteiger partial charge on any atom is -0.324 e. The third-order valence-corrected chi connectivity index (χ3v) is 4.94. The Morgan fingerprint density at radius 1 is 1.30 bits per heavy atom. The highest BCUT2D eigenvalue weighted by molar-refractivity contribution is 7.53. The highest BCUT2D eigenvalue weighted by atomic mass is 31.2. The second-order valence-corrected chi connectivity index (χ2v) is 6.77. The van der Waals surface area contributed by atoms with Crippen molar-refractivity contribution in [1.82, 2.24) is 0 Å². The van der Waals surface area contributed by atoms with Crippen LogP contribution in [0.1, 0.15) is 12.8 Å². The number of carbonyl (C=O) groups excluding carboxylic acids is 1. The Bertz CT molecular complexity index is 577. The highest BCUT2D eigenvalue weighted by Gasteiger charge is 2.23. The maximum atomic E-state index is 12.0. The number of para-hydroxylation sites is 2. The Kier molecular flexibility index (Phi) is 4.70. The van der Waals surface area contributed by atoms with Crippen molar-refractivity contribution in [3.05, 3.63) is 24.3 Å². The van der Waals surface area contributed by atoms with E-state index in [1.807, 2.05) is 18.2 Å². The smallest absolute Gasteiger partial charge is 0.324 e. The zero-order valence-corrected chi connectivity index (χ0v) is 12.4. The number of carbonyl (C=O) groups is 1. The summed E-state index contributed by atoms with van der Waals surface area (Å²) in [5.74, 6) is -0.127. The van der Waals surface area contributed by atoms with E-state index in [9.17, 15) is 9.36 Å². The standard InChI is InChI=1S/C13H17N2O4P/c1-18-20(17,19-2)8-7-10-9-13(16)15-12-6-4-3-5-11(12)14-10/h3-6H,7-9H2,1-2H3,(H,15,16). The first kappa shape index (κ1) is 14.9. The van der Waals surface area contributed by atoms with Crippen LogP contribution in [0.5, 0.6) is 0 Å². The lowest BCUT2D eigenvalue weighted by molar-refractivity contribution is -0.115. The molecule has 0 atom stereocenters. The van der Waals surface area contributed by atoms with Gasteiger partial charge in [-0.2, -0.15) is 0 Å². The lowest BCUT2D eigenvalue weighted by Crippen LogP contribution is -2.15. The molecular weight excluding hydrogens is 279 g/mol. The maximum Gasteiger partial charge on any atom is 0.330 e. The van der Waals surface area contributed by atoms with Crippen molar-refractivity contribution in [3.8, 4) is 0 Å². The summed E-state index contributed by atoms with van der Waals surface area (Å²) in [6.07, 6.45) is 0.775. The molecule has 0 radical (unpaired) electrons. The predicted octanol–water partition coefficient (Wildman–Crippen LogP) is 2.98. The number of nitrogens with zero attached hydrogens (tertiary/aromatic N) is 1. The number of hydrogen-bond acceptors (Lipinski definition) is 5. The van der Waals surface area contributed by atoms with Crippen LogP contribution in [0.2, 0.25) is 0 Å². The molecule has 0 spiro atoms. The van der Waals surface area contributed by atoms with Crippen LogP contribution in [0.25, 0.3) is 0 Å². The number of aliphatic imine (C=N–C) groups is 1. The van der Waals surface area contributed by atoms with Crippen molar-refractivity contribution in [2.45, 2.75) is 12.8 Å². The molecule has 1 aromatic rings. The average Bonchev–Trinajstić information content (AvgIpc) is 2.62. The van der Waals surface area contributed by atoms with Gasteiger partial charge in [0.25, 0.3) is 0 Å². The zero-order chi connectivity index (χ0) is 14.6. The van der Waals surface area contributed by atoms with Gasteiger partial charge in [0.1, 0.15) is 0 Å². The Balaban J connectivity index is 2.18. The van der Waals surface area contributed by atoms with Crippen molar-refractivity contribution in [1.29, 1.82) is 0 Å². The summed E-state index contributed by atoms with van der Waals surface area (Å²) in [6.45, 7) is 0. The van der Waals surface area contributed by atoms with Crippen molar-refractivity contribution >= 4 is 30.6 Å². The molecule has 1 heterocycles. The molecule has 0 saturated carbocycles. The molecule has 1 aromatic carbocycles. The van der Waals surface area contributed by atoms with Crippen LogP contribution in [0.4, 0.5) is 11.4 Å². The van der Waals surface area contributed by atoms with E-state index in [4.69, 9.17) is 9.05 Å². The molecule has 0 saturated heterocycles. The number of benzene rings is 1. The second kappa shape index (κ2) is 6.31. The lowest BCUT2D eigenvalue weighted by atomic mass is 10.2. The van der Waals surface area contributed by atoms with Crippen LogP contribution in [-0.2, 0) is 18.4 Å². The van der Waals surface area contributed by atoms with Gasteiger partial charge >= 0.3 is 7.60 Å². The van der Waals surface area contributed by atoms with Gasteiger partial charge in [0.05, 0.1) is 24.0 Å². The van der Waals surface area contributed by atoms with Crippen LogP contribution in [-0.4, -0.2) is 32.0 Å². The third-order valence-electron chi connectivity index (χ3n) is 3.05. The molecule has 1 aliphatic heterocycles. The van der Waals surface area contributed by atoms with Crippen molar-refractivity contribution in [3.63, 3.8) is 0 Å². The number of amides is 1. The number of anilines is 1. The molecule has 7 heteroatoms. The van der Waals surface area contributed by atoms with E-state index in [-0.39, 0.29) is 18.5 Å². The van der Waals surface area contributed by atoms with Gasteiger partial charge in [0.15, 0.2) is 0 Å². The van der Waals surface area contributed by atoms with Crippen LogP contribution in [0.15, 0.2) is 29.3 Å². The Morgan fingerprint density at radius 3 is 2.70 bits per heavy atom. The summed E-state index contributed by atoms with van der Waals surface area (Å²) in [5.41, 5.74) is 2.06. The first-order valence-corrected chi connectivity index (χ1v) is 7.95. The van der Waals surface area contributed by atoms with E-state index in [2.05, 4.69) is 10.3 Å². The summed E-state index contributed by atoms with van der Waals surface area (Å²) in [4.78, 5) is 16.3. The number of rotatable bonds is 5. The van der Waals surface area contributed by atoms with Crippen molar-refractivity contribution < 1.29 is 18.4 Å². The first-order valence-electron chi connectivity index (χ1n) is 6.22. The van der Waals surface area contributed by atoms with E-state index < -0.39 is 7.60 Å². The maximum absolute atomic E-state index is 12.0. The summed E-state index contributed by atoms with van der Waals surface area (Å²) in [7, 11) is -0.382. The molecule has 2 rings (SSSR count). The average molecular weight is 296 g/mol. The lowest BCUT2D eigenvalue weighted by Gasteiger charge is -2.13. The van der Waals surface area contributed by atoms with Gasteiger partial charge in [-0.1, -0.05) is 12.1 Å². The van der Waals surface area contributed by atoms with Gasteiger partial charge in [0.2, 0.25) is 5.91 Å². The van der Waals surface area contributed by atoms with Crippen LogP contribution in [0, 0.1) is 0 Å². The fraction of sp³-hybridized carbons (Fsp3) is 0.385. The number of nitrogens with one attached hydrogen (secondary N) is 1. The van der Waals surface area contributed by atoms with E-state index in [1.165, 1.54) is 14.2 Å². The van der Waals surface area contributed by atoms with Gasteiger partial charge in [-0.05, 0) is 18.6 Å². The number of hydrogen-bond donors (Lipinski definition) is 1. The molecule has 0 fully saturated rings. The van der Waals surface area contributed by atoms with E-state index in [1.54, 1.807) is 6.07 Å². The topological polar surface area (TPSA) is 77.0 Å². The van der Waals surface area contributed by atoms with Gasteiger partial charge < -0.3 is 14.4 Å². The van der Waals surface area contributed by atoms with Crippen molar-refractivity contribution in [2.24, 2.45) is 4.99 Å². The highest BCUT2D eigenvalue weighted by Crippen LogP contribution is 2.47. The van der Waals surface area contributed by atoms with Gasteiger partial charge in [0, 0.05) is 19.9 Å². The molecule has 1 amide bonds. The van der Waals surface area contributed by atoms with E-state index in [0.29, 0.717) is 23.5 Å². The molecule has 20 heavy (non-hydrogen) atoms. The SMILES string of the molecule is COP(=O)(CCC1=Nc2ccccc2NC(=O)C1)OC. The quantitative estimate of drug-likeness (QED) is 0.847. The Morgan fingerprint density at radius 2 is 2.00 bits per heavy atom. The van der Waals surface area contributed by atoms with E-state index >= 15 is 0 Å². The molecule has 1 N–H and O–H groups in total. The normalized spacial score (nSPS) is 15.1. The minimum atomic E-state index is -3.08. The van der Waals surface area contributed by atoms with Crippen LogP contribution in [0.3, 0.4) is 0 Å². The molecule has 0 bridgehead atoms. The molecular formula is C13H17N2O4P. The fourth-order valence-corrected chi connectivity index (χ4v) is 2.98. The van der Waals surface area contributed by atoms with E-state index in [0.717, 1.165) is 0 Å². The molecule has 0 aliphatic carbocycles. The zero-order valence-electron chi connectivity index (χ0n) is 11.5. The fourth-order valence-electron chi connectivity index (χ4n) is 1.93.